The first-order chi connectivity index (χ1) is 14.4. The summed E-state index contributed by atoms with van der Waals surface area (Å²) in [6, 6.07) is 0. The number of aliphatic hydroxyl groups excluding tert-OH is 2. The Morgan fingerprint density at radius 3 is 2.48 bits per heavy atom. The molecular weight excluding hydrogens is 388 g/mol. The minimum absolute atomic E-state index is 0.116. The van der Waals surface area contributed by atoms with E-state index in [1.54, 1.807) is 0 Å². The Kier molecular flexibility index (Phi) is 7.22. The molecule has 6 atom stereocenters. The smallest absolute Gasteiger partial charge is 0.311 e. The SMILES string of the molecule is C=C1[C@H](O)CC(=CC=C2CCC[C@]3(C)[C@@H]([C@@H](C)COC(=O)C(C)(C)C)CC[C@@H]23)C[C@H]1O. The number of ether oxygens (including phenoxy) is 1. The third-order valence-electron chi connectivity index (χ3n) is 8.11. The molecule has 3 aliphatic carbocycles. The van der Waals surface area contributed by atoms with E-state index in [1.165, 1.54) is 31.3 Å². The molecule has 3 rings (SSSR count). The Bertz CT molecular complexity index is 740. The Balaban J connectivity index is 1.69. The summed E-state index contributed by atoms with van der Waals surface area (Å²) in [7, 11) is 0. The highest BCUT2D eigenvalue weighted by Crippen LogP contribution is 2.59. The second kappa shape index (κ2) is 9.23. The van der Waals surface area contributed by atoms with Crippen molar-refractivity contribution < 1.29 is 19.7 Å². The van der Waals surface area contributed by atoms with Crippen LogP contribution < -0.4 is 0 Å². The fraction of sp³-hybridized carbons (Fsp3) is 0.741. The molecule has 0 heterocycles. The van der Waals surface area contributed by atoms with Gasteiger partial charge in [-0.2, -0.15) is 0 Å². The van der Waals surface area contributed by atoms with Gasteiger partial charge in [-0.15, -0.1) is 0 Å². The molecule has 3 fully saturated rings. The van der Waals surface area contributed by atoms with E-state index < -0.39 is 17.6 Å². The van der Waals surface area contributed by atoms with E-state index in [0.717, 1.165) is 12.0 Å². The number of rotatable bonds is 4. The van der Waals surface area contributed by atoms with Crippen molar-refractivity contribution >= 4 is 5.97 Å². The van der Waals surface area contributed by atoms with Crippen molar-refractivity contribution in [3.8, 4) is 0 Å². The standard InChI is InChI=1S/C27H42O4/c1-17(16-31-25(30)26(3,4)5)21-11-12-22-20(8-7-13-27(21,22)6)10-9-19-14-23(28)18(2)24(29)15-19/h9-10,17,21-24,28-29H,2,7-8,11-16H2,1,3-6H3/t17-,21+,22-,23+,24+,27+/m0/s1. The summed E-state index contributed by atoms with van der Waals surface area (Å²) < 4.78 is 5.67. The van der Waals surface area contributed by atoms with Crippen LogP contribution in [0, 0.1) is 28.6 Å². The second-order valence-corrected chi connectivity index (χ2v) is 11.5. The van der Waals surface area contributed by atoms with Crippen LogP contribution in [0.4, 0.5) is 0 Å². The molecule has 0 aromatic heterocycles. The van der Waals surface area contributed by atoms with Gasteiger partial charge in [-0.3, -0.25) is 4.79 Å². The maximum absolute atomic E-state index is 12.2. The van der Waals surface area contributed by atoms with Crippen molar-refractivity contribution in [3.63, 3.8) is 0 Å². The van der Waals surface area contributed by atoms with E-state index in [9.17, 15) is 15.0 Å². The number of hydrogen-bond donors (Lipinski definition) is 2. The summed E-state index contributed by atoms with van der Waals surface area (Å²) in [6.07, 6.45) is 10.2. The molecule has 0 saturated heterocycles. The maximum atomic E-state index is 12.2. The zero-order valence-electron chi connectivity index (χ0n) is 20.1. The Morgan fingerprint density at radius 1 is 1.23 bits per heavy atom. The monoisotopic (exact) mass is 430 g/mol. The minimum atomic E-state index is -0.641. The number of hydrogen-bond acceptors (Lipinski definition) is 4. The lowest BCUT2D eigenvalue weighted by Gasteiger charge is -2.44. The van der Waals surface area contributed by atoms with Crippen LogP contribution in [-0.2, 0) is 9.53 Å². The van der Waals surface area contributed by atoms with Gasteiger partial charge in [0.1, 0.15) is 0 Å². The molecule has 31 heavy (non-hydrogen) atoms. The number of allylic oxidation sites excluding steroid dienone is 3. The third kappa shape index (κ3) is 5.17. The highest BCUT2D eigenvalue weighted by molar-refractivity contribution is 5.75. The largest absolute Gasteiger partial charge is 0.465 e. The van der Waals surface area contributed by atoms with Crippen molar-refractivity contribution in [1.82, 2.24) is 0 Å². The Morgan fingerprint density at radius 2 is 1.87 bits per heavy atom. The summed E-state index contributed by atoms with van der Waals surface area (Å²) in [4.78, 5) is 12.2. The summed E-state index contributed by atoms with van der Waals surface area (Å²) in [5, 5.41) is 20.3. The quantitative estimate of drug-likeness (QED) is 0.466. The Labute approximate surface area is 188 Å². The molecule has 0 bridgehead atoms. The Hall–Kier alpha value is -1.39. The van der Waals surface area contributed by atoms with Gasteiger partial charge < -0.3 is 14.9 Å². The molecule has 0 spiro atoms. The van der Waals surface area contributed by atoms with Crippen molar-refractivity contribution in [3.05, 3.63) is 35.5 Å². The van der Waals surface area contributed by atoms with Crippen LogP contribution in [0.2, 0.25) is 0 Å². The number of carbonyl (C=O) groups is 1. The lowest BCUT2D eigenvalue weighted by Crippen LogP contribution is -2.37. The van der Waals surface area contributed by atoms with Gasteiger partial charge in [0.05, 0.1) is 24.2 Å². The predicted molar refractivity (Wildman–Crippen MR) is 124 cm³/mol. The molecule has 4 nitrogen and oxygen atoms in total. The molecule has 0 aromatic rings. The molecule has 3 aliphatic rings. The number of aliphatic hydroxyl groups is 2. The van der Waals surface area contributed by atoms with E-state index in [2.05, 4.69) is 32.6 Å². The predicted octanol–water partition coefficient (Wildman–Crippen LogP) is 5.35. The first kappa shape index (κ1) is 24.3. The van der Waals surface area contributed by atoms with E-state index in [-0.39, 0.29) is 11.4 Å². The van der Waals surface area contributed by atoms with Gasteiger partial charge in [0.25, 0.3) is 0 Å². The minimum Gasteiger partial charge on any atom is -0.465 e. The molecule has 4 heteroatoms. The van der Waals surface area contributed by atoms with Crippen molar-refractivity contribution in [2.75, 3.05) is 6.61 Å². The van der Waals surface area contributed by atoms with Crippen LogP contribution in [0.15, 0.2) is 35.5 Å². The summed E-state index contributed by atoms with van der Waals surface area (Å²) in [6.45, 7) is 14.7. The maximum Gasteiger partial charge on any atom is 0.311 e. The normalized spacial score (nSPS) is 36.3. The zero-order chi connectivity index (χ0) is 23.0. The van der Waals surface area contributed by atoms with Crippen molar-refractivity contribution in [1.29, 1.82) is 0 Å². The first-order valence-corrected chi connectivity index (χ1v) is 12.0. The number of fused-ring (bicyclic) bond motifs is 1. The fourth-order valence-electron chi connectivity index (χ4n) is 6.18. The van der Waals surface area contributed by atoms with Gasteiger partial charge in [-0.05, 0) is 94.5 Å². The second-order valence-electron chi connectivity index (χ2n) is 11.5. The van der Waals surface area contributed by atoms with Gasteiger partial charge in [0.15, 0.2) is 0 Å². The molecule has 0 aromatic carbocycles. The van der Waals surface area contributed by atoms with E-state index in [4.69, 9.17) is 4.74 Å². The molecule has 2 N–H and O–H groups in total. The fourth-order valence-corrected chi connectivity index (χ4v) is 6.18. The number of carbonyl (C=O) groups excluding carboxylic acids is 1. The summed E-state index contributed by atoms with van der Waals surface area (Å²) in [5.41, 5.74) is 2.94. The molecule has 0 unspecified atom stereocenters. The molecule has 3 saturated carbocycles. The van der Waals surface area contributed by atoms with E-state index in [1.807, 2.05) is 20.8 Å². The van der Waals surface area contributed by atoms with Gasteiger partial charge in [-0.1, -0.05) is 43.7 Å². The molecule has 0 amide bonds. The van der Waals surface area contributed by atoms with Crippen LogP contribution in [0.1, 0.15) is 79.6 Å². The van der Waals surface area contributed by atoms with Crippen LogP contribution in [-0.4, -0.2) is 35.0 Å². The summed E-state index contributed by atoms with van der Waals surface area (Å²) in [5.74, 6) is 1.36. The zero-order valence-corrected chi connectivity index (χ0v) is 20.1. The highest BCUT2D eigenvalue weighted by Gasteiger charge is 2.50. The molecule has 174 valence electrons. The lowest BCUT2D eigenvalue weighted by molar-refractivity contribution is -0.155. The molecular formula is C27H42O4. The average Bonchev–Trinajstić information content (AvgIpc) is 3.05. The lowest BCUT2D eigenvalue weighted by atomic mass is 9.61. The molecule has 0 aliphatic heterocycles. The topological polar surface area (TPSA) is 66.8 Å². The first-order valence-electron chi connectivity index (χ1n) is 12.0. The third-order valence-corrected chi connectivity index (χ3v) is 8.11. The van der Waals surface area contributed by atoms with Crippen molar-refractivity contribution in [2.45, 2.75) is 91.8 Å². The molecule has 0 radical (unpaired) electrons. The van der Waals surface area contributed by atoms with E-state index in [0.29, 0.717) is 42.8 Å². The van der Waals surface area contributed by atoms with Gasteiger partial charge >= 0.3 is 5.97 Å². The van der Waals surface area contributed by atoms with Crippen LogP contribution in [0.5, 0.6) is 0 Å². The van der Waals surface area contributed by atoms with Gasteiger partial charge in [0, 0.05) is 0 Å². The van der Waals surface area contributed by atoms with Crippen LogP contribution in [0.3, 0.4) is 0 Å². The number of esters is 1. The van der Waals surface area contributed by atoms with Crippen LogP contribution >= 0.6 is 0 Å². The van der Waals surface area contributed by atoms with Crippen LogP contribution in [0.25, 0.3) is 0 Å². The highest BCUT2D eigenvalue weighted by atomic mass is 16.5. The van der Waals surface area contributed by atoms with Gasteiger partial charge in [0.2, 0.25) is 0 Å². The van der Waals surface area contributed by atoms with E-state index >= 15 is 0 Å². The summed E-state index contributed by atoms with van der Waals surface area (Å²) >= 11 is 0. The van der Waals surface area contributed by atoms with Crippen molar-refractivity contribution in [2.24, 2.45) is 28.6 Å². The van der Waals surface area contributed by atoms with Gasteiger partial charge in [-0.25, -0.2) is 0 Å². The average molecular weight is 431 g/mol.